The van der Waals surface area contributed by atoms with E-state index in [0.29, 0.717) is 0 Å². The number of benzene rings is 1. The Morgan fingerprint density at radius 3 is 2.63 bits per heavy atom. The first-order chi connectivity index (χ1) is 19.4. The molecular weight excluding hydrogens is 561 g/mol. The number of aliphatic hydroxyl groups excluding tert-OH is 2. The van der Waals surface area contributed by atoms with Gasteiger partial charge in [-0.2, -0.15) is 10.3 Å². The first-order valence-corrected chi connectivity index (χ1v) is 13.9. The fourth-order valence-corrected chi connectivity index (χ4v) is 5.55. The van der Waals surface area contributed by atoms with E-state index in [1.54, 1.807) is 38.1 Å². The number of H-pyrrole nitrogens is 1. The van der Waals surface area contributed by atoms with Crippen molar-refractivity contribution in [1.82, 2.24) is 25.0 Å². The average molecular weight is 590 g/mol. The molecule has 0 spiro atoms. The summed E-state index contributed by atoms with van der Waals surface area (Å²) in [6, 6.07) is 8.59. The first kappa shape index (κ1) is 30.0. The van der Waals surface area contributed by atoms with Gasteiger partial charge in [0.15, 0.2) is 5.52 Å². The van der Waals surface area contributed by atoms with E-state index in [1.165, 1.54) is 19.1 Å². The van der Waals surface area contributed by atoms with E-state index in [4.69, 9.17) is 24.3 Å². The Labute approximate surface area is 233 Å². The van der Waals surface area contributed by atoms with Crippen LogP contribution in [0.25, 0.3) is 11.0 Å². The highest BCUT2D eigenvalue weighted by Gasteiger charge is 2.58. The molecule has 3 heterocycles. The standard InChI is InChI=1S/C24H28N7O9P/c1-12(2)38-22(35)13(3)31-41(36,40-14-7-5-4-6-8-14)37-9-15-18(32)20(33)24(10-25,39-15)19-16-17(27-11-28-19)21(34)30-23(26)29-16/h4-8,11-13,15,18,20,32-33H,9H2,1-3H3,(H,31,36)(H3,26,29,30,34)/t13?,15-,18-,20-,24+,41?/m1/s1. The molecule has 3 aromatic rings. The van der Waals surface area contributed by atoms with Crippen molar-refractivity contribution < 1.29 is 38.1 Å². The fourth-order valence-electron chi connectivity index (χ4n) is 4.05. The van der Waals surface area contributed by atoms with Gasteiger partial charge in [0.05, 0.1) is 12.7 Å². The third kappa shape index (κ3) is 6.20. The van der Waals surface area contributed by atoms with Crippen molar-refractivity contribution in [3.05, 3.63) is 52.7 Å². The van der Waals surface area contributed by atoms with Crippen LogP contribution in [0.5, 0.6) is 5.75 Å². The van der Waals surface area contributed by atoms with E-state index in [9.17, 15) is 29.6 Å². The minimum Gasteiger partial charge on any atom is -0.462 e. The Bertz CT molecular complexity index is 1560. The Morgan fingerprint density at radius 1 is 1.27 bits per heavy atom. The highest BCUT2D eigenvalue weighted by atomic mass is 31.2. The van der Waals surface area contributed by atoms with Crippen LogP contribution in [0.2, 0.25) is 0 Å². The number of aromatic amines is 1. The third-order valence-electron chi connectivity index (χ3n) is 5.92. The molecule has 2 aromatic heterocycles. The van der Waals surface area contributed by atoms with E-state index >= 15 is 0 Å². The van der Waals surface area contributed by atoms with Gasteiger partial charge < -0.3 is 29.9 Å². The number of nitrogen functional groups attached to an aromatic ring is 1. The van der Waals surface area contributed by atoms with Gasteiger partial charge in [-0.25, -0.2) is 19.5 Å². The minimum absolute atomic E-state index is 0.133. The molecule has 1 aliphatic rings. The number of hydrogen-bond donors (Lipinski definition) is 5. The number of nitriles is 1. The molecular formula is C24H28N7O9P. The number of hydrogen-bond acceptors (Lipinski definition) is 14. The fraction of sp³-hybridized carbons (Fsp3) is 0.417. The number of carbonyl (C=O) groups is 1. The number of ether oxygens (including phenoxy) is 2. The van der Waals surface area contributed by atoms with Crippen LogP contribution in [-0.4, -0.2) is 73.2 Å². The largest absolute Gasteiger partial charge is 0.462 e. The van der Waals surface area contributed by atoms with Crippen molar-refractivity contribution in [2.75, 3.05) is 12.3 Å². The van der Waals surface area contributed by atoms with Gasteiger partial charge in [0.2, 0.25) is 11.5 Å². The summed E-state index contributed by atoms with van der Waals surface area (Å²) in [4.78, 5) is 38.8. The van der Waals surface area contributed by atoms with Gasteiger partial charge in [0.1, 0.15) is 53.7 Å². The number of aliphatic hydroxyl groups is 2. The zero-order valence-corrected chi connectivity index (χ0v) is 23.0. The molecule has 2 unspecified atom stereocenters. The molecule has 1 aliphatic heterocycles. The molecule has 0 aliphatic carbocycles. The summed E-state index contributed by atoms with van der Waals surface area (Å²) in [5, 5.41) is 34.4. The SMILES string of the molecule is CC(C)OC(=O)C(C)NP(=O)(OC[C@H]1O[C@@](C#N)(c2ncnc3c(=O)[nH]c(N)nc23)[C@H](O)[C@@H]1O)Oc1ccccc1. The summed E-state index contributed by atoms with van der Waals surface area (Å²) in [6.45, 7) is 3.99. The molecule has 1 aromatic carbocycles. The maximum absolute atomic E-state index is 13.8. The van der Waals surface area contributed by atoms with Crippen LogP contribution in [-0.2, 0) is 29.0 Å². The number of fused-ring (bicyclic) bond motifs is 1. The van der Waals surface area contributed by atoms with Gasteiger partial charge in [-0.1, -0.05) is 18.2 Å². The molecule has 6 N–H and O–H groups in total. The van der Waals surface area contributed by atoms with E-state index in [1.807, 2.05) is 0 Å². The monoisotopic (exact) mass is 589 g/mol. The average Bonchev–Trinajstić information content (AvgIpc) is 3.17. The topological polar surface area (TPSA) is 245 Å². The van der Waals surface area contributed by atoms with Crippen LogP contribution in [0.15, 0.2) is 41.5 Å². The van der Waals surface area contributed by atoms with Crippen molar-refractivity contribution in [1.29, 1.82) is 5.26 Å². The Morgan fingerprint density at radius 2 is 1.98 bits per heavy atom. The molecule has 1 fully saturated rings. The summed E-state index contributed by atoms with van der Waals surface area (Å²) < 4.78 is 35.8. The molecule has 41 heavy (non-hydrogen) atoms. The lowest BCUT2D eigenvalue weighted by molar-refractivity contribution is -0.149. The van der Waals surface area contributed by atoms with Gasteiger partial charge in [-0.3, -0.25) is 19.1 Å². The normalized spacial score (nSPS) is 24.5. The van der Waals surface area contributed by atoms with Gasteiger partial charge >= 0.3 is 13.7 Å². The Kier molecular flexibility index (Phi) is 8.69. The smallest absolute Gasteiger partial charge is 0.459 e. The predicted octanol–water partition coefficient (Wildman–Crippen LogP) is 0.268. The molecule has 6 atom stereocenters. The number of carbonyl (C=O) groups excluding carboxylic acids is 1. The number of aromatic nitrogens is 4. The van der Waals surface area contributed by atoms with Crippen molar-refractivity contribution >= 4 is 30.7 Å². The second kappa shape index (κ2) is 11.9. The molecule has 0 amide bonds. The molecule has 0 bridgehead atoms. The number of nitrogens with one attached hydrogen (secondary N) is 2. The number of rotatable bonds is 10. The quantitative estimate of drug-likeness (QED) is 0.157. The van der Waals surface area contributed by atoms with E-state index in [2.05, 4.69) is 25.0 Å². The molecule has 16 nitrogen and oxygen atoms in total. The van der Waals surface area contributed by atoms with E-state index < -0.39 is 61.9 Å². The molecule has 0 radical (unpaired) electrons. The van der Waals surface area contributed by atoms with Crippen molar-refractivity contribution in [2.45, 2.75) is 56.8 Å². The second-order valence-corrected chi connectivity index (χ2v) is 11.0. The predicted molar refractivity (Wildman–Crippen MR) is 141 cm³/mol. The lowest BCUT2D eigenvalue weighted by Crippen LogP contribution is -2.41. The summed E-state index contributed by atoms with van der Waals surface area (Å²) >= 11 is 0. The van der Waals surface area contributed by atoms with Crippen LogP contribution >= 0.6 is 7.75 Å². The maximum atomic E-state index is 13.8. The summed E-state index contributed by atoms with van der Waals surface area (Å²) in [6.07, 6.45) is -4.65. The van der Waals surface area contributed by atoms with Crippen LogP contribution in [0.1, 0.15) is 26.5 Å². The summed E-state index contributed by atoms with van der Waals surface area (Å²) in [7, 11) is -4.37. The number of para-hydroxylation sites is 1. The van der Waals surface area contributed by atoms with Crippen LogP contribution < -0.4 is 20.9 Å². The van der Waals surface area contributed by atoms with E-state index in [0.717, 1.165) is 6.33 Å². The Hall–Kier alpha value is -3.97. The number of anilines is 1. The summed E-state index contributed by atoms with van der Waals surface area (Å²) in [5.74, 6) is -0.905. The van der Waals surface area contributed by atoms with Crippen molar-refractivity contribution in [3.8, 4) is 11.8 Å². The van der Waals surface area contributed by atoms with Crippen molar-refractivity contribution in [2.24, 2.45) is 0 Å². The van der Waals surface area contributed by atoms with Crippen molar-refractivity contribution in [3.63, 3.8) is 0 Å². The lowest BCUT2D eigenvalue weighted by Gasteiger charge is -2.25. The lowest BCUT2D eigenvalue weighted by atomic mass is 9.91. The summed E-state index contributed by atoms with van der Waals surface area (Å²) in [5.41, 5.74) is 1.76. The maximum Gasteiger partial charge on any atom is 0.459 e. The van der Waals surface area contributed by atoms with Gasteiger partial charge in [-0.05, 0) is 32.9 Å². The highest BCUT2D eigenvalue weighted by molar-refractivity contribution is 7.52. The second-order valence-electron chi connectivity index (χ2n) is 9.34. The first-order valence-electron chi connectivity index (χ1n) is 12.3. The van der Waals surface area contributed by atoms with Crippen LogP contribution in [0.4, 0.5) is 5.95 Å². The zero-order chi connectivity index (χ0) is 29.9. The van der Waals surface area contributed by atoms with Gasteiger partial charge in [0.25, 0.3) is 5.56 Å². The zero-order valence-electron chi connectivity index (χ0n) is 22.1. The minimum atomic E-state index is -4.37. The molecule has 218 valence electrons. The molecule has 4 rings (SSSR count). The molecule has 0 saturated carbocycles. The van der Waals surface area contributed by atoms with Crippen LogP contribution in [0.3, 0.4) is 0 Å². The Balaban J connectivity index is 1.62. The van der Waals surface area contributed by atoms with Crippen LogP contribution in [0, 0.1) is 11.3 Å². The van der Waals surface area contributed by atoms with Gasteiger partial charge in [-0.15, -0.1) is 0 Å². The molecule has 17 heteroatoms. The number of nitrogens with two attached hydrogens (primary N) is 1. The molecule has 1 saturated heterocycles. The number of esters is 1. The third-order valence-corrected chi connectivity index (χ3v) is 7.57. The van der Waals surface area contributed by atoms with Gasteiger partial charge in [0, 0.05) is 0 Å². The number of nitrogens with zero attached hydrogens (tertiary/aromatic N) is 4. The highest BCUT2D eigenvalue weighted by Crippen LogP contribution is 2.47. The van der Waals surface area contributed by atoms with E-state index in [-0.39, 0.29) is 28.4 Å².